The fraction of sp³-hybridized carbons (Fsp3) is 0.560. The van der Waals surface area contributed by atoms with Crippen LogP contribution in [-0.4, -0.2) is 56.7 Å². The Morgan fingerprint density at radius 3 is 2.38 bits per heavy atom. The second kappa shape index (κ2) is 11.8. The molecule has 0 saturated heterocycles. The molecule has 9 nitrogen and oxygen atoms in total. The van der Waals surface area contributed by atoms with E-state index in [-0.39, 0.29) is 35.6 Å². The van der Waals surface area contributed by atoms with Gasteiger partial charge in [0.15, 0.2) is 11.5 Å². The van der Waals surface area contributed by atoms with Crippen LogP contribution in [0.1, 0.15) is 78.6 Å². The zero-order valence-electron chi connectivity index (χ0n) is 22.2. The van der Waals surface area contributed by atoms with E-state index in [0.29, 0.717) is 6.92 Å². The minimum absolute atomic E-state index is 0.00536. The van der Waals surface area contributed by atoms with Gasteiger partial charge in [-0.3, -0.25) is 9.59 Å². The molecule has 1 aromatic carbocycles. The standard InChI is InChI=1S/C25H26F8N6O3/c1-10-18(39-42-38-10)23(41)37-19(12-5-7-24(29,30)8-6-12)21-35-15-4-3-13(17(28)20(15)36-21)14(9-16(26)27)22(40)34-11(2)25(31,32)33/h3-4,11-12,14,16,19H,5-9H2,1-2H3,(H,34,40)(H,35,36)(H,37,41)/t11-,14+,19+/m1/s1. The number of hydrogen-bond donors (Lipinski definition) is 3. The molecule has 0 bridgehead atoms. The molecule has 3 aromatic rings. The number of H-pyrrole nitrogens is 1. The van der Waals surface area contributed by atoms with Gasteiger partial charge in [-0.2, -0.15) is 13.2 Å². The fourth-order valence-electron chi connectivity index (χ4n) is 4.89. The molecule has 42 heavy (non-hydrogen) atoms. The second-order valence-electron chi connectivity index (χ2n) is 10.3. The van der Waals surface area contributed by atoms with Crippen molar-refractivity contribution in [3.05, 3.63) is 40.7 Å². The Kier molecular flexibility index (Phi) is 8.78. The molecule has 1 saturated carbocycles. The Hall–Kier alpha value is -3.79. The Bertz CT molecular complexity index is 1430. The monoisotopic (exact) mass is 610 g/mol. The minimum Gasteiger partial charge on any atom is -0.344 e. The Balaban J connectivity index is 1.70. The zero-order chi connectivity index (χ0) is 31.0. The number of alkyl halides is 7. The molecule has 1 fully saturated rings. The zero-order valence-corrected chi connectivity index (χ0v) is 22.2. The maximum atomic E-state index is 15.7. The largest absolute Gasteiger partial charge is 0.408 e. The Morgan fingerprint density at radius 2 is 1.81 bits per heavy atom. The average molecular weight is 611 g/mol. The van der Waals surface area contributed by atoms with Crippen molar-refractivity contribution in [1.82, 2.24) is 30.9 Å². The van der Waals surface area contributed by atoms with E-state index in [9.17, 15) is 40.3 Å². The number of rotatable bonds is 9. The first-order valence-electron chi connectivity index (χ1n) is 12.9. The predicted octanol–water partition coefficient (Wildman–Crippen LogP) is 5.50. The second-order valence-corrected chi connectivity index (χ2v) is 10.3. The van der Waals surface area contributed by atoms with Crippen LogP contribution in [0.25, 0.3) is 11.0 Å². The third-order valence-corrected chi connectivity index (χ3v) is 7.28. The van der Waals surface area contributed by atoms with E-state index in [2.05, 4.69) is 30.2 Å². The van der Waals surface area contributed by atoms with Gasteiger partial charge in [0, 0.05) is 24.8 Å². The number of aromatic amines is 1. The summed E-state index contributed by atoms with van der Waals surface area (Å²) in [6.45, 7) is 2.06. The number of aryl methyl sites for hydroxylation is 1. The molecule has 3 atom stereocenters. The first-order valence-corrected chi connectivity index (χ1v) is 12.9. The van der Waals surface area contributed by atoms with Crippen LogP contribution in [0.4, 0.5) is 35.1 Å². The van der Waals surface area contributed by atoms with E-state index in [4.69, 9.17) is 0 Å². The molecule has 2 aromatic heterocycles. The molecular formula is C25H26F8N6O3. The molecule has 230 valence electrons. The van der Waals surface area contributed by atoms with E-state index >= 15 is 4.39 Å². The molecule has 1 aliphatic carbocycles. The van der Waals surface area contributed by atoms with Crippen LogP contribution >= 0.6 is 0 Å². The lowest BCUT2D eigenvalue weighted by Gasteiger charge is -2.33. The van der Waals surface area contributed by atoms with Crippen LogP contribution in [0.2, 0.25) is 0 Å². The van der Waals surface area contributed by atoms with Gasteiger partial charge in [-0.05, 0) is 43.8 Å². The van der Waals surface area contributed by atoms with E-state index in [1.54, 1.807) is 5.32 Å². The highest BCUT2D eigenvalue weighted by Crippen LogP contribution is 2.41. The number of hydrogen-bond acceptors (Lipinski definition) is 6. The first kappa shape index (κ1) is 31.2. The molecule has 4 rings (SSSR count). The lowest BCUT2D eigenvalue weighted by molar-refractivity contribution is -0.158. The predicted molar refractivity (Wildman–Crippen MR) is 129 cm³/mol. The number of fused-ring (bicyclic) bond motifs is 1. The first-order chi connectivity index (χ1) is 19.6. The molecule has 17 heteroatoms. The van der Waals surface area contributed by atoms with Gasteiger partial charge in [0.05, 0.1) is 17.5 Å². The third kappa shape index (κ3) is 6.81. The number of carbonyl (C=O) groups is 2. The van der Waals surface area contributed by atoms with Crippen molar-refractivity contribution in [3.63, 3.8) is 0 Å². The van der Waals surface area contributed by atoms with Crippen LogP contribution in [0.5, 0.6) is 0 Å². The highest BCUT2D eigenvalue weighted by atomic mass is 19.4. The smallest absolute Gasteiger partial charge is 0.344 e. The van der Waals surface area contributed by atoms with Gasteiger partial charge in [0.25, 0.3) is 5.91 Å². The van der Waals surface area contributed by atoms with Crippen LogP contribution in [0.3, 0.4) is 0 Å². The number of nitrogens with zero attached hydrogens (tertiary/aromatic N) is 3. The summed E-state index contributed by atoms with van der Waals surface area (Å²) in [5.74, 6) is -9.01. The lowest BCUT2D eigenvalue weighted by atomic mass is 9.81. The van der Waals surface area contributed by atoms with Crippen LogP contribution in [0.15, 0.2) is 16.8 Å². The van der Waals surface area contributed by atoms with Gasteiger partial charge >= 0.3 is 6.18 Å². The summed E-state index contributed by atoms with van der Waals surface area (Å²) in [7, 11) is 0. The molecule has 3 N–H and O–H groups in total. The summed E-state index contributed by atoms with van der Waals surface area (Å²) >= 11 is 0. The Labute approximate surface area is 232 Å². The van der Waals surface area contributed by atoms with Crippen molar-refractivity contribution in [2.24, 2.45) is 5.92 Å². The van der Waals surface area contributed by atoms with Crippen molar-refractivity contribution in [2.45, 2.75) is 82.5 Å². The molecular weight excluding hydrogens is 584 g/mol. The molecule has 1 aliphatic rings. The van der Waals surface area contributed by atoms with Crippen molar-refractivity contribution >= 4 is 22.8 Å². The van der Waals surface area contributed by atoms with Gasteiger partial charge in [0.2, 0.25) is 18.3 Å². The van der Waals surface area contributed by atoms with Gasteiger partial charge in [0.1, 0.15) is 23.1 Å². The molecule has 0 spiro atoms. The summed E-state index contributed by atoms with van der Waals surface area (Å²) in [5, 5.41) is 11.3. The fourth-order valence-corrected chi connectivity index (χ4v) is 4.89. The third-order valence-electron chi connectivity index (χ3n) is 7.28. The molecule has 0 aliphatic heterocycles. The van der Waals surface area contributed by atoms with E-state index in [1.165, 1.54) is 13.0 Å². The number of carbonyl (C=O) groups excluding carboxylic acids is 2. The molecule has 2 amide bonds. The Morgan fingerprint density at radius 1 is 1.14 bits per heavy atom. The molecule has 0 radical (unpaired) electrons. The number of aromatic nitrogens is 4. The van der Waals surface area contributed by atoms with Crippen molar-refractivity contribution in [2.75, 3.05) is 0 Å². The van der Waals surface area contributed by atoms with Crippen molar-refractivity contribution in [1.29, 1.82) is 0 Å². The summed E-state index contributed by atoms with van der Waals surface area (Å²) in [5.41, 5.74) is -1.09. The normalized spacial score (nSPS) is 18.2. The van der Waals surface area contributed by atoms with Gasteiger partial charge in [-0.25, -0.2) is 31.6 Å². The maximum absolute atomic E-state index is 15.7. The van der Waals surface area contributed by atoms with Crippen LogP contribution in [-0.2, 0) is 4.79 Å². The van der Waals surface area contributed by atoms with Gasteiger partial charge in [-0.1, -0.05) is 11.2 Å². The summed E-state index contributed by atoms with van der Waals surface area (Å²) in [6, 6.07) is -1.27. The number of amides is 2. The summed E-state index contributed by atoms with van der Waals surface area (Å²) < 4.78 is 114. The van der Waals surface area contributed by atoms with Crippen molar-refractivity contribution in [3.8, 4) is 0 Å². The number of imidazole rings is 1. The van der Waals surface area contributed by atoms with E-state index in [1.807, 2.05) is 0 Å². The summed E-state index contributed by atoms with van der Waals surface area (Å²) in [4.78, 5) is 32.5. The van der Waals surface area contributed by atoms with Gasteiger partial charge < -0.3 is 15.6 Å². The minimum atomic E-state index is -4.87. The number of halogens is 8. The highest BCUT2D eigenvalue weighted by Gasteiger charge is 2.41. The number of nitrogens with one attached hydrogen (secondary N) is 3. The topological polar surface area (TPSA) is 126 Å². The van der Waals surface area contributed by atoms with Crippen LogP contribution < -0.4 is 10.6 Å². The highest BCUT2D eigenvalue weighted by molar-refractivity contribution is 5.93. The summed E-state index contributed by atoms with van der Waals surface area (Å²) in [6.07, 6.45) is -10.3. The SMILES string of the molecule is Cc1nonc1C(=O)N[C@H](c1nc2c(F)c([C@H](CC(F)F)C(=O)N[C@H](C)C(F)(F)F)ccc2[nH]1)C1CCC(F)(F)CC1. The quantitative estimate of drug-likeness (QED) is 0.275. The molecule has 0 unspecified atom stereocenters. The maximum Gasteiger partial charge on any atom is 0.408 e. The lowest BCUT2D eigenvalue weighted by Crippen LogP contribution is -2.45. The number of benzene rings is 1. The van der Waals surface area contributed by atoms with Gasteiger partial charge in [-0.15, -0.1) is 0 Å². The van der Waals surface area contributed by atoms with E-state index in [0.717, 1.165) is 6.07 Å². The van der Waals surface area contributed by atoms with Crippen molar-refractivity contribution < 1.29 is 49.3 Å². The van der Waals surface area contributed by atoms with Crippen LogP contribution in [0, 0.1) is 18.7 Å². The molecule has 2 heterocycles. The van der Waals surface area contributed by atoms with E-state index < -0.39 is 90.4 Å². The average Bonchev–Trinajstić information content (AvgIpc) is 3.52.